The standard InChI is InChI=1S/C26H35NO5/c1-6-27(17-20-8-12-21(13-9-20)26(3,4)5)24(28)18-32-22-14-10-19(11-15-22)16-23(25(29)30)31-7-2/h8-15,23H,6-7,16-18H2,1-5H3,(H,29,30)/t23-/m0/s1. The molecule has 0 saturated heterocycles. The number of hydrogen-bond donors (Lipinski definition) is 1. The third-order valence-electron chi connectivity index (χ3n) is 5.28. The van der Waals surface area contributed by atoms with E-state index in [4.69, 9.17) is 9.47 Å². The SMILES string of the molecule is CCO[C@@H](Cc1ccc(OCC(=O)N(CC)Cc2ccc(C(C)(C)C)cc2)cc1)C(=O)O. The Balaban J connectivity index is 1.90. The van der Waals surface area contributed by atoms with Crippen molar-refractivity contribution in [1.29, 1.82) is 0 Å². The van der Waals surface area contributed by atoms with Gasteiger partial charge in [-0.2, -0.15) is 0 Å². The van der Waals surface area contributed by atoms with E-state index in [0.717, 1.165) is 11.1 Å². The summed E-state index contributed by atoms with van der Waals surface area (Å²) >= 11 is 0. The van der Waals surface area contributed by atoms with Gasteiger partial charge in [-0.25, -0.2) is 4.79 Å². The number of benzene rings is 2. The van der Waals surface area contributed by atoms with Gasteiger partial charge in [-0.05, 0) is 48.1 Å². The lowest BCUT2D eigenvalue weighted by Gasteiger charge is -2.23. The van der Waals surface area contributed by atoms with Crippen molar-refractivity contribution in [3.05, 3.63) is 65.2 Å². The summed E-state index contributed by atoms with van der Waals surface area (Å²) in [5, 5.41) is 9.20. The molecule has 0 radical (unpaired) electrons. The molecule has 0 fully saturated rings. The fraction of sp³-hybridized carbons (Fsp3) is 0.462. The lowest BCUT2D eigenvalue weighted by molar-refractivity contribution is -0.150. The van der Waals surface area contributed by atoms with Gasteiger partial charge in [-0.3, -0.25) is 4.79 Å². The maximum atomic E-state index is 12.7. The molecule has 32 heavy (non-hydrogen) atoms. The molecule has 174 valence electrons. The lowest BCUT2D eigenvalue weighted by atomic mass is 9.87. The molecule has 6 heteroatoms. The number of carbonyl (C=O) groups is 2. The number of carbonyl (C=O) groups excluding carboxylic acids is 1. The van der Waals surface area contributed by atoms with Crippen molar-refractivity contribution in [2.45, 2.75) is 59.1 Å². The van der Waals surface area contributed by atoms with Crippen LogP contribution in [-0.4, -0.2) is 47.7 Å². The maximum absolute atomic E-state index is 12.7. The molecule has 1 amide bonds. The molecule has 0 aliphatic carbocycles. The normalized spacial score (nSPS) is 12.3. The van der Waals surface area contributed by atoms with E-state index in [2.05, 4.69) is 45.0 Å². The minimum Gasteiger partial charge on any atom is -0.484 e. The molecule has 1 atom stereocenters. The Morgan fingerprint density at radius 1 is 0.969 bits per heavy atom. The van der Waals surface area contributed by atoms with Crippen LogP contribution in [0.15, 0.2) is 48.5 Å². The van der Waals surface area contributed by atoms with Gasteiger partial charge in [-0.1, -0.05) is 57.2 Å². The summed E-state index contributed by atoms with van der Waals surface area (Å²) < 4.78 is 10.9. The second kappa shape index (κ2) is 11.7. The second-order valence-corrected chi connectivity index (χ2v) is 8.77. The molecule has 0 heterocycles. The number of ether oxygens (including phenoxy) is 2. The molecular formula is C26H35NO5. The number of aliphatic carboxylic acids is 1. The van der Waals surface area contributed by atoms with E-state index >= 15 is 0 Å². The zero-order chi connectivity index (χ0) is 23.7. The van der Waals surface area contributed by atoms with E-state index in [1.165, 1.54) is 5.56 Å². The number of hydrogen-bond acceptors (Lipinski definition) is 4. The third-order valence-corrected chi connectivity index (χ3v) is 5.28. The highest BCUT2D eigenvalue weighted by Gasteiger charge is 2.18. The van der Waals surface area contributed by atoms with Gasteiger partial charge in [0.05, 0.1) is 0 Å². The highest BCUT2D eigenvalue weighted by atomic mass is 16.5. The quantitative estimate of drug-likeness (QED) is 0.558. The summed E-state index contributed by atoms with van der Waals surface area (Å²) in [5.74, 6) is -0.500. The van der Waals surface area contributed by atoms with Gasteiger partial charge in [0.15, 0.2) is 12.7 Å². The van der Waals surface area contributed by atoms with Gasteiger partial charge < -0.3 is 19.5 Å². The van der Waals surface area contributed by atoms with Gasteiger partial charge in [0, 0.05) is 26.1 Å². The first kappa shape index (κ1) is 25.4. The smallest absolute Gasteiger partial charge is 0.333 e. The zero-order valence-corrected chi connectivity index (χ0v) is 19.8. The molecule has 0 unspecified atom stereocenters. The second-order valence-electron chi connectivity index (χ2n) is 8.77. The van der Waals surface area contributed by atoms with Crippen LogP contribution in [-0.2, 0) is 32.7 Å². The van der Waals surface area contributed by atoms with Crippen molar-refractivity contribution >= 4 is 11.9 Å². The molecule has 0 aromatic heterocycles. The predicted octanol–water partition coefficient (Wildman–Crippen LogP) is 4.44. The van der Waals surface area contributed by atoms with E-state index < -0.39 is 12.1 Å². The van der Waals surface area contributed by atoms with Crippen LogP contribution < -0.4 is 4.74 Å². The van der Waals surface area contributed by atoms with Crippen molar-refractivity contribution in [2.75, 3.05) is 19.8 Å². The molecule has 0 spiro atoms. The van der Waals surface area contributed by atoms with Gasteiger partial charge in [0.25, 0.3) is 5.91 Å². The molecule has 0 aliphatic rings. The van der Waals surface area contributed by atoms with Crippen molar-refractivity contribution in [2.24, 2.45) is 0 Å². The predicted molar refractivity (Wildman–Crippen MR) is 125 cm³/mol. The highest BCUT2D eigenvalue weighted by Crippen LogP contribution is 2.22. The highest BCUT2D eigenvalue weighted by molar-refractivity contribution is 5.77. The lowest BCUT2D eigenvalue weighted by Crippen LogP contribution is -2.34. The Morgan fingerprint density at radius 2 is 1.56 bits per heavy atom. The van der Waals surface area contributed by atoms with E-state index in [1.807, 2.05) is 6.92 Å². The Bertz CT molecular complexity index is 869. The first-order chi connectivity index (χ1) is 15.1. The molecule has 1 N–H and O–H groups in total. The van der Waals surface area contributed by atoms with Crippen LogP contribution in [0.1, 0.15) is 51.3 Å². The summed E-state index contributed by atoms with van der Waals surface area (Å²) in [6.07, 6.45) is -0.594. The molecule has 0 bridgehead atoms. The van der Waals surface area contributed by atoms with Crippen molar-refractivity contribution in [3.8, 4) is 5.75 Å². The summed E-state index contributed by atoms with van der Waals surface area (Å²) in [6, 6.07) is 15.5. The Morgan fingerprint density at radius 3 is 2.06 bits per heavy atom. The average Bonchev–Trinajstić information content (AvgIpc) is 2.76. The van der Waals surface area contributed by atoms with Crippen molar-refractivity contribution < 1.29 is 24.2 Å². The van der Waals surface area contributed by atoms with Gasteiger partial charge in [0.2, 0.25) is 0 Å². The van der Waals surface area contributed by atoms with Gasteiger partial charge >= 0.3 is 5.97 Å². The molecule has 0 saturated carbocycles. The largest absolute Gasteiger partial charge is 0.484 e. The fourth-order valence-electron chi connectivity index (χ4n) is 3.30. The summed E-state index contributed by atoms with van der Waals surface area (Å²) in [5.41, 5.74) is 3.27. The fourth-order valence-corrected chi connectivity index (χ4v) is 3.30. The average molecular weight is 442 g/mol. The number of carboxylic acid groups (broad SMARTS) is 1. The number of carboxylic acids is 1. The minimum absolute atomic E-state index is 0.0516. The van der Waals surface area contributed by atoms with Crippen LogP contribution in [0.5, 0.6) is 5.75 Å². The van der Waals surface area contributed by atoms with E-state index in [-0.39, 0.29) is 24.3 Å². The van der Waals surface area contributed by atoms with Gasteiger partial charge in [0.1, 0.15) is 5.75 Å². The summed E-state index contributed by atoms with van der Waals surface area (Å²) in [7, 11) is 0. The molecular weight excluding hydrogens is 406 g/mol. The topological polar surface area (TPSA) is 76.1 Å². The van der Waals surface area contributed by atoms with E-state index in [0.29, 0.717) is 25.4 Å². The minimum atomic E-state index is -0.981. The molecule has 0 aliphatic heterocycles. The van der Waals surface area contributed by atoms with Crippen LogP contribution in [0, 0.1) is 0 Å². The monoisotopic (exact) mass is 441 g/mol. The van der Waals surface area contributed by atoms with Crippen molar-refractivity contribution in [3.63, 3.8) is 0 Å². The first-order valence-corrected chi connectivity index (χ1v) is 11.1. The Kier molecular flexibility index (Phi) is 9.27. The van der Waals surface area contributed by atoms with Crippen LogP contribution in [0.2, 0.25) is 0 Å². The third kappa shape index (κ3) is 7.68. The number of nitrogens with zero attached hydrogens (tertiary/aromatic N) is 1. The van der Waals surface area contributed by atoms with Crippen molar-refractivity contribution in [1.82, 2.24) is 4.90 Å². The molecule has 6 nitrogen and oxygen atoms in total. The molecule has 2 rings (SSSR count). The Labute approximate surface area is 191 Å². The Hall–Kier alpha value is -2.86. The maximum Gasteiger partial charge on any atom is 0.333 e. The zero-order valence-electron chi connectivity index (χ0n) is 19.8. The first-order valence-electron chi connectivity index (χ1n) is 11.1. The summed E-state index contributed by atoms with van der Waals surface area (Å²) in [4.78, 5) is 25.7. The van der Waals surface area contributed by atoms with E-state index in [1.54, 1.807) is 36.1 Å². The van der Waals surface area contributed by atoms with Crippen LogP contribution in [0.4, 0.5) is 0 Å². The number of rotatable bonds is 11. The van der Waals surface area contributed by atoms with E-state index in [9.17, 15) is 14.7 Å². The number of likely N-dealkylation sites (N-methyl/N-ethyl adjacent to an activating group) is 1. The number of amides is 1. The molecule has 2 aromatic carbocycles. The van der Waals surface area contributed by atoms with Crippen LogP contribution in [0.3, 0.4) is 0 Å². The van der Waals surface area contributed by atoms with Crippen LogP contribution >= 0.6 is 0 Å². The van der Waals surface area contributed by atoms with Gasteiger partial charge in [-0.15, -0.1) is 0 Å². The molecule has 2 aromatic rings. The summed E-state index contributed by atoms with van der Waals surface area (Å²) in [6.45, 7) is 11.7. The van der Waals surface area contributed by atoms with Crippen LogP contribution in [0.25, 0.3) is 0 Å².